The maximum Gasteiger partial charge on any atom is 0.254 e. The van der Waals surface area contributed by atoms with Crippen LogP contribution in [-0.4, -0.2) is 42.1 Å². The van der Waals surface area contributed by atoms with E-state index < -0.39 is 11.7 Å². The van der Waals surface area contributed by atoms with E-state index in [1.54, 1.807) is 30.7 Å². The lowest BCUT2D eigenvalue weighted by atomic mass is 10.1. The van der Waals surface area contributed by atoms with Crippen molar-refractivity contribution >= 4 is 39.1 Å². The second-order valence-corrected chi connectivity index (χ2v) is 8.98. The molecule has 3 N–H and O–H groups in total. The summed E-state index contributed by atoms with van der Waals surface area (Å²) >= 11 is 1.55. The van der Waals surface area contributed by atoms with Crippen LogP contribution in [0.3, 0.4) is 0 Å². The molecular formula is C25H24FN5O2S. The molecule has 4 aromatic rings. The highest BCUT2D eigenvalue weighted by molar-refractivity contribution is 7.17. The zero-order chi connectivity index (χ0) is 23.5. The first-order valence-corrected chi connectivity index (χ1v) is 12.0. The van der Waals surface area contributed by atoms with Gasteiger partial charge in [0, 0.05) is 28.2 Å². The Morgan fingerprint density at radius 1 is 1.18 bits per heavy atom. The van der Waals surface area contributed by atoms with Crippen LogP contribution in [0.2, 0.25) is 0 Å². The van der Waals surface area contributed by atoms with Crippen LogP contribution >= 0.6 is 11.3 Å². The van der Waals surface area contributed by atoms with Gasteiger partial charge in [-0.15, -0.1) is 11.3 Å². The van der Waals surface area contributed by atoms with E-state index in [1.807, 2.05) is 29.6 Å². The number of rotatable bonds is 6. The van der Waals surface area contributed by atoms with Crippen LogP contribution < -0.4 is 20.7 Å². The number of methoxy groups -OCH3 is 1. The number of halogens is 1. The molecule has 0 spiro atoms. The van der Waals surface area contributed by atoms with Gasteiger partial charge in [0.05, 0.1) is 29.1 Å². The lowest BCUT2D eigenvalue weighted by Gasteiger charge is -2.23. The molecule has 1 aliphatic heterocycles. The van der Waals surface area contributed by atoms with Gasteiger partial charge in [-0.05, 0) is 50.2 Å². The molecule has 0 bridgehead atoms. The molecule has 7 nitrogen and oxygen atoms in total. The maximum atomic E-state index is 14.8. The minimum Gasteiger partial charge on any atom is -0.496 e. The van der Waals surface area contributed by atoms with E-state index in [0.717, 1.165) is 53.0 Å². The van der Waals surface area contributed by atoms with Gasteiger partial charge in [-0.1, -0.05) is 18.2 Å². The lowest BCUT2D eigenvalue weighted by molar-refractivity contribution is 0.0925. The summed E-state index contributed by atoms with van der Waals surface area (Å²) in [5, 5.41) is 11.2. The molecule has 0 aliphatic carbocycles. The smallest absolute Gasteiger partial charge is 0.254 e. The molecule has 9 heteroatoms. The average Bonchev–Trinajstić information content (AvgIpc) is 3.27. The SMILES string of the molecule is COc1ccccc1-c1csc2cnc(Nc3ccc(C(=O)NC4CCNCC4)c(F)c3)nc12. The Balaban J connectivity index is 1.37. The van der Waals surface area contributed by atoms with Crippen molar-refractivity contribution in [1.29, 1.82) is 0 Å². The van der Waals surface area contributed by atoms with Gasteiger partial charge in [-0.25, -0.2) is 14.4 Å². The third-order valence-electron chi connectivity index (χ3n) is 5.86. The van der Waals surface area contributed by atoms with E-state index >= 15 is 0 Å². The molecule has 1 fully saturated rings. The third-order valence-corrected chi connectivity index (χ3v) is 6.76. The molecular weight excluding hydrogens is 453 g/mol. The van der Waals surface area contributed by atoms with E-state index in [1.165, 1.54) is 12.1 Å². The fourth-order valence-corrected chi connectivity index (χ4v) is 4.95. The van der Waals surface area contributed by atoms with E-state index in [0.29, 0.717) is 11.6 Å². The Bertz CT molecular complexity index is 1340. The van der Waals surface area contributed by atoms with Gasteiger partial charge in [-0.2, -0.15) is 0 Å². The van der Waals surface area contributed by atoms with Crippen LogP contribution in [0.25, 0.3) is 21.3 Å². The normalized spacial score (nSPS) is 14.2. The van der Waals surface area contributed by atoms with Crippen molar-refractivity contribution in [3.63, 3.8) is 0 Å². The van der Waals surface area contributed by atoms with Crippen molar-refractivity contribution in [2.75, 3.05) is 25.5 Å². The second kappa shape index (κ2) is 9.74. The number of amides is 1. The number of hydrogen-bond donors (Lipinski definition) is 3. The Labute approximate surface area is 200 Å². The van der Waals surface area contributed by atoms with Crippen LogP contribution in [0.1, 0.15) is 23.2 Å². The van der Waals surface area contributed by atoms with Gasteiger partial charge in [0.1, 0.15) is 11.6 Å². The number of para-hydroxylation sites is 1. The number of carbonyl (C=O) groups excluding carboxylic acids is 1. The van der Waals surface area contributed by atoms with Crippen LogP contribution in [0, 0.1) is 5.82 Å². The standard InChI is InChI=1S/C25H24FN5O2S/c1-33-21-5-3-2-4-17(21)19-14-34-22-13-28-25(31-23(19)22)30-16-6-7-18(20(26)12-16)24(32)29-15-8-10-27-11-9-15/h2-7,12-15,27H,8-11H2,1H3,(H,29,32)(H,28,30,31). The molecule has 5 rings (SSSR count). The maximum absolute atomic E-state index is 14.8. The Kier molecular flexibility index (Phi) is 6.37. The van der Waals surface area contributed by atoms with Gasteiger partial charge in [-0.3, -0.25) is 4.79 Å². The molecule has 1 amide bonds. The van der Waals surface area contributed by atoms with Gasteiger partial charge >= 0.3 is 0 Å². The zero-order valence-corrected chi connectivity index (χ0v) is 19.4. The molecule has 0 unspecified atom stereocenters. The molecule has 0 radical (unpaired) electrons. The first-order chi connectivity index (χ1) is 16.6. The van der Waals surface area contributed by atoms with E-state index in [2.05, 4.69) is 25.9 Å². The number of anilines is 2. The lowest BCUT2D eigenvalue weighted by Crippen LogP contribution is -2.42. The molecule has 1 aliphatic rings. The average molecular weight is 478 g/mol. The number of benzene rings is 2. The quantitative estimate of drug-likeness (QED) is 0.372. The molecule has 174 valence electrons. The van der Waals surface area contributed by atoms with Crippen molar-refractivity contribution in [2.24, 2.45) is 0 Å². The summed E-state index contributed by atoms with van der Waals surface area (Å²) in [6, 6.07) is 12.3. The number of ether oxygens (including phenoxy) is 1. The van der Waals surface area contributed by atoms with Gasteiger partial charge in [0.2, 0.25) is 5.95 Å². The molecule has 3 heterocycles. The summed E-state index contributed by atoms with van der Waals surface area (Å²) in [6.07, 6.45) is 3.42. The van der Waals surface area contributed by atoms with Gasteiger partial charge in [0.15, 0.2) is 0 Å². The van der Waals surface area contributed by atoms with Crippen LogP contribution in [0.5, 0.6) is 5.75 Å². The highest BCUT2D eigenvalue weighted by atomic mass is 32.1. The summed E-state index contributed by atoms with van der Waals surface area (Å²) in [5.74, 6) is 0.111. The second-order valence-electron chi connectivity index (χ2n) is 8.07. The number of aromatic nitrogens is 2. The Hall–Kier alpha value is -3.56. The first kappa shape index (κ1) is 22.2. The fourth-order valence-electron chi connectivity index (χ4n) is 4.08. The molecule has 2 aromatic carbocycles. The van der Waals surface area contributed by atoms with Gasteiger partial charge in [0.25, 0.3) is 5.91 Å². The van der Waals surface area contributed by atoms with Crippen molar-refractivity contribution in [3.05, 3.63) is 65.4 Å². The van der Waals surface area contributed by atoms with Crippen LogP contribution in [0.15, 0.2) is 54.0 Å². The summed E-state index contributed by atoms with van der Waals surface area (Å²) in [6.45, 7) is 1.70. The number of hydrogen-bond acceptors (Lipinski definition) is 7. The van der Waals surface area contributed by atoms with Crippen molar-refractivity contribution in [1.82, 2.24) is 20.6 Å². The highest BCUT2D eigenvalue weighted by Gasteiger charge is 2.19. The van der Waals surface area contributed by atoms with Gasteiger partial charge < -0.3 is 20.7 Å². The fraction of sp³-hybridized carbons (Fsp3) is 0.240. The third kappa shape index (κ3) is 4.57. The van der Waals surface area contributed by atoms with E-state index in [-0.39, 0.29) is 11.6 Å². The minimum absolute atomic E-state index is 0.0248. The minimum atomic E-state index is -0.595. The van der Waals surface area contributed by atoms with E-state index in [9.17, 15) is 9.18 Å². The molecule has 0 atom stereocenters. The van der Waals surface area contributed by atoms with Crippen molar-refractivity contribution < 1.29 is 13.9 Å². The number of fused-ring (bicyclic) bond motifs is 1. The van der Waals surface area contributed by atoms with Crippen molar-refractivity contribution in [3.8, 4) is 16.9 Å². The number of carbonyl (C=O) groups is 1. The summed E-state index contributed by atoms with van der Waals surface area (Å²) < 4.78 is 21.2. The number of nitrogens with zero attached hydrogens (tertiary/aromatic N) is 2. The Morgan fingerprint density at radius 3 is 2.79 bits per heavy atom. The zero-order valence-electron chi connectivity index (χ0n) is 18.6. The van der Waals surface area contributed by atoms with E-state index in [4.69, 9.17) is 4.74 Å². The monoisotopic (exact) mass is 477 g/mol. The molecule has 2 aromatic heterocycles. The first-order valence-electron chi connectivity index (χ1n) is 11.1. The van der Waals surface area contributed by atoms with Crippen LogP contribution in [0.4, 0.5) is 16.0 Å². The summed E-state index contributed by atoms with van der Waals surface area (Å²) in [7, 11) is 1.64. The number of nitrogens with one attached hydrogen (secondary N) is 3. The van der Waals surface area contributed by atoms with Crippen LogP contribution in [-0.2, 0) is 0 Å². The predicted molar refractivity (Wildman–Crippen MR) is 132 cm³/mol. The molecule has 0 saturated carbocycles. The predicted octanol–water partition coefficient (Wildman–Crippen LogP) is 4.73. The highest BCUT2D eigenvalue weighted by Crippen LogP contribution is 2.37. The molecule has 1 saturated heterocycles. The summed E-state index contributed by atoms with van der Waals surface area (Å²) in [4.78, 5) is 21.6. The topological polar surface area (TPSA) is 88.2 Å². The van der Waals surface area contributed by atoms with Crippen molar-refractivity contribution in [2.45, 2.75) is 18.9 Å². The summed E-state index contributed by atoms with van der Waals surface area (Å²) in [5.41, 5.74) is 3.15. The Morgan fingerprint density at radius 2 is 2.00 bits per heavy atom. The largest absolute Gasteiger partial charge is 0.496 e. The number of thiophene rings is 1. The number of piperidine rings is 1. The molecule has 34 heavy (non-hydrogen) atoms.